The maximum atomic E-state index is 12.3. The van der Waals surface area contributed by atoms with Crippen LogP contribution in [0.3, 0.4) is 0 Å². The molecule has 1 saturated heterocycles. The summed E-state index contributed by atoms with van der Waals surface area (Å²) in [4.78, 5) is 26.1. The first-order chi connectivity index (χ1) is 14.8. The van der Waals surface area contributed by atoms with E-state index in [4.69, 9.17) is 9.47 Å². The van der Waals surface area contributed by atoms with E-state index in [2.05, 4.69) is 10.6 Å². The molecule has 0 bridgehead atoms. The van der Waals surface area contributed by atoms with Crippen molar-refractivity contribution in [1.82, 2.24) is 10.2 Å². The van der Waals surface area contributed by atoms with Crippen LogP contribution in [0.5, 0.6) is 11.5 Å². The molecule has 2 aromatic rings. The first kappa shape index (κ1) is 22.6. The molecular formula is C24H31N3O4. The largest absolute Gasteiger partial charge is 0.457 e. The van der Waals surface area contributed by atoms with Gasteiger partial charge in [0.2, 0.25) is 5.91 Å². The zero-order valence-corrected chi connectivity index (χ0v) is 18.4. The molecule has 0 radical (unpaired) electrons. The van der Waals surface area contributed by atoms with Crippen LogP contribution in [0.4, 0.5) is 10.5 Å². The Bertz CT molecular complexity index is 855. The van der Waals surface area contributed by atoms with Gasteiger partial charge < -0.3 is 25.0 Å². The number of likely N-dealkylation sites (tertiary alicyclic amines) is 1. The Hall–Kier alpha value is -3.06. The van der Waals surface area contributed by atoms with Gasteiger partial charge in [0, 0.05) is 24.8 Å². The number of ether oxygens (including phenoxy) is 2. The minimum atomic E-state index is -0.490. The van der Waals surface area contributed by atoms with Gasteiger partial charge >= 0.3 is 6.09 Å². The van der Waals surface area contributed by atoms with Gasteiger partial charge in [0.25, 0.3) is 0 Å². The minimum Gasteiger partial charge on any atom is -0.457 e. The van der Waals surface area contributed by atoms with E-state index >= 15 is 0 Å². The fourth-order valence-electron chi connectivity index (χ4n) is 3.27. The highest BCUT2D eigenvalue weighted by Crippen LogP contribution is 2.22. The van der Waals surface area contributed by atoms with Gasteiger partial charge in [0.15, 0.2) is 0 Å². The van der Waals surface area contributed by atoms with E-state index < -0.39 is 5.60 Å². The number of rotatable bonds is 6. The third-order valence-corrected chi connectivity index (χ3v) is 4.81. The molecule has 7 heteroatoms. The van der Waals surface area contributed by atoms with Crippen LogP contribution < -0.4 is 15.4 Å². The Balaban J connectivity index is 1.37. The molecule has 2 amide bonds. The predicted octanol–water partition coefficient (Wildman–Crippen LogP) is 4.41. The molecule has 0 unspecified atom stereocenters. The van der Waals surface area contributed by atoms with E-state index in [1.54, 1.807) is 4.90 Å². The maximum Gasteiger partial charge on any atom is 0.410 e. The summed E-state index contributed by atoms with van der Waals surface area (Å²) in [5.74, 6) is 1.37. The van der Waals surface area contributed by atoms with Crippen molar-refractivity contribution in [2.75, 3.05) is 25.0 Å². The molecule has 0 aromatic heterocycles. The van der Waals surface area contributed by atoms with Crippen LogP contribution in [-0.2, 0) is 9.53 Å². The molecule has 0 aliphatic carbocycles. The molecule has 3 rings (SSSR count). The summed E-state index contributed by atoms with van der Waals surface area (Å²) in [5, 5.41) is 6.16. The normalized spacial score (nSPS) is 14.7. The number of piperidine rings is 1. The Morgan fingerprint density at radius 2 is 1.58 bits per heavy atom. The average Bonchev–Trinajstić information content (AvgIpc) is 2.73. The Morgan fingerprint density at radius 1 is 0.968 bits per heavy atom. The molecule has 2 aromatic carbocycles. The Morgan fingerprint density at radius 3 is 2.19 bits per heavy atom. The molecule has 0 spiro atoms. The van der Waals surface area contributed by atoms with Crippen LogP contribution in [-0.4, -0.2) is 48.2 Å². The topological polar surface area (TPSA) is 79.9 Å². The molecular weight excluding hydrogens is 394 g/mol. The quantitative estimate of drug-likeness (QED) is 0.717. The molecule has 1 aliphatic rings. The summed E-state index contributed by atoms with van der Waals surface area (Å²) in [6.45, 7) is 7.05. The lowest BCUT2D eigenvalue weighted by Gasteiger charge is -2.33. The second-order valence-corrected chi connectivity index (χ2v) is 8.61. The van der Waals surface area contributed by atoms with Crippen molar-refractivity contribution in [3.8, 4) is 11.5 Å². The van der Waals surface area contributed by atoms with Crippen molar-refractivity contribution >= 4 is 17.7 Å². The number of benzene rings is 2. The van der Waals surface area contributed by atoms with Crippen molar-refractivity contribution in [2.24, 2.45) is 0 Å². The summed E-state index contributed by atoms with van der Waals surface area (Å²) in [6, 6.07) is 17.0. The van der Waals surface area contributed by atoms with Crippen LogP contribution >= 0.6 is 0 Å². The van der Waals surface area contributed by atoms with Crippen LogP contribution in [0.15, 0.2) is 54.6 Å². The number of hydrogen-bond acceptors (Lipinski definition) is 5. The van der Waals surface area contributed by atoms with Crippen molar-refractivity contribution in [1.29, 1.82) is 0 Å². The van der Waals surface area contributed by atoms with Crippen molar-refractivity contribution < 1.29 is 19.1 Å². The van der Waals surface area contributed by atoms with E-state index in [1.807, 2.05) is 75.4 Å². The van der Waals surface area contributed by atoms with Crippen LogP contribution in [0.25, 0.3) is 0 Å². The zero-order chi connectivity index (χ0) is 22.3. The van der Waals surface area contributed by atoms with Crippen molar-refractivity contribution in [3.63, 3.8) is 0 Å². The van der Waals surface area contributed by atoms with E-state index in [0.717, 1.165) is 18.6 Å². The summed E-state index contributed by atoms with van der Waals surface area (Å²) < 4.78 is 11.2. The second-order valence-electron chi connectivity index (χ2n) is 8.61. The third-order valence-electron chi connectivity index (χ3n) is 4.81. The van der Waals surface area contributed by atoms with Gasteiger partial charge in [-0.25, -0.2) is 4.79 Å². The zero-order valence-electron chi connectivity index (χ0n) is 18.4. The lowest BCUT2D eigenvalue weighted by molar-refractivity contribution is -0.115. The molecule has 0 atom stereocenters. The third kappa shape index (κ3) is 7.61. The highest BCUT2D eigenvalue weighted by atomic mass is 16.6. The van der Waals surface area contributed by atoms with Gasteiger partial charge in [-0.3, -0.25) is 4.79 Å². The number of amides is 2. The molecule has 0 saturated carbocycles. The molecule has 2 N–H and O–H groups in total. The van der Waals surface area contributed by atoms with Gasteiger partial charge in [0.1, 0.15) is 17.1 Å². The lowest BCUT2D eigenvalue weighted by Crippen LogP contribution is -2.47. The number of carbonyl (C=O) groups is 2. The second kappa shape index (κ2) is 10.3. The SMILES string of the molecule is CC(C)(C)OC(=O)N1CCC(NCC(=O)Nc2ccc(Oc3ccccc3)cc2)CC1. The number of nitrogens with zero attached hydrogens (tertiary/aromatic N) is 1. The molecule has 7 nitrogen and oxygen atoms in total. The Kier molecular flexibility index (Phi) is 7.52. The molecule has 166 valence electrons. The van der Waals surface area contributed by atoms with Gasteiger partial charge in [-0.2, -0.15) is 0 Å². The van der Waals surface area contributed by atoms with Gasteiger partial charge in [-0.05, 0) is 70.0 Å². The van der Waals surface area contributed by atoms with Gasteiger partial charge in [0.05, 0.1) is 6.54 Å². The van der Waals surface area contributed by atoms with E-state index in [9.17, 15) is 9.59 Å². The van der Waals surface area contributed by atoms with Crippen LogP contribution in [0.1, 0.15) is 33.6 Å². The van der Waals surface area contributed by atoms with Crippen molar-refractivity contribution in [2.45, 2.75) is 45.3 Å². The van der Waals surface area contributed by atoms with E-state index in [1.165, 1.54) is 0 Å². The summed E-state index contributed by atoms with van der Waals surface area (Å²) >= 11 is 0. The first-order valence-electron chi connectivity index (χ1n) is 10.6. The molecule has 1 fully saturated rings. The fraction of sp³-hybridized carbons (Fsp3) is 0.417. The van der Waals surface area contributed by atoms with Gasteiger partial charge in [-0.1, -0.05) is 18.2 Å². The van der Waals surface area contributed by atoms with Crippen LogP contribution in [0, 0.1) is 0 Å². The minimum absolute atomic E-state index is 0.105. The van der Waals surface area contributed by atoms with Gasteiger partial charge in [-0.15, -0.1) is 0 Å². The number of hydrogen-bond donors (Lipinski definition) is 2. The molecule has 1 aliphatic heterocycles. The first-order valence-corrected chi connectivity index (χ1v) is 10.6. The number of carbonyl (C=O) groups excluding carboxylic acids is 2. The van der Waals surface area contributed by atoms with Crippen LogP contribution in [0.2, 0.25) is 0 Å². The van der Waals surface area contributed by atoms with E-state index in [0.29, 0.717) is 24.5 Å². The maximum absolute atomic E-state index is 12.3. The Labute approximate surface area is 183 Å². The summed E-state index contributed by atoms with van der Waals surface area (Å²) in [5.41, 5.74) is 0.225. The van der Waals surface area contributed by atoms with E-state index in [-0.39, 0.29) is 24.6 Å². The lowest BCUT2D eigenvalue weighted by atomic mass is 10.1. The van der Waals surface area contributed by atoms with Crippen molar-refractivity contribution in [3.05, 3.63) is 54.6 Å². The monoisotopic (exact) mass is 425 g/mol. The number of para-hydroxylation sites is 1. The molecule has 31 heavy (non-hydrogen) atoms. The highest BCUT2D eigenvalue weighted by Gasteiger charge is 2.26. The standard InChI is InChI=1S/C24H31N3O4/c1-24(2,3)31-23(29)27-15-13-18(14-16-27)25-17-22(28)26-19-9-11-21(12-10-19)30-20-7-5-4-6-8-20/h4-12,18,25H,13-17H2,1-3H3,(H,26,28). The average molecular weight is 426 g/mol. The number of anilines is 1. The summed E-state index contributed by atoms with van der Waals surface area (Å²) in [7, 11) is 0. The smallest absolute Gasteiger partial charge is 0.410 e. The fourth-order valence-corrected chi connectivity index (χ4v) is 3.27. The molecule has 1 heterocycles. The highest BCUT2D eigenvalue weighted by molar-refractivity contribution is 5.92. The number of nitrogens with one attached hydrogen (secondary N) is 2. The summed E-state index contributed by atoms with van der Waals surface area (Å²) in [6.07, 6.45) is 1.30. The predicted molar refractivity (Wildman–Crippen MR) is 120 cm³/mol.